The van der Waals surface area contributed by atoms with Crippen molar-refractivity contribution in [2.24, 2.45) is 0 Å². The summed E-state index contributed by atoms with van der Waals surface area (Å²) in [5.41, 5.74) is 2.49. The van der Waals surface area contributed by atoms with Crippen molar-refractivity contribution in [2.45, 2.75) is 45.4 Å². The van der Waals surface area contributed by atoms with Crippen LogP contribution in [0.25, 0.3) is 0 Å². The largest absolute Gasteiger partial charge is 0.377 e. The maximum atomic E-state index is 6.13. The van der Waals surface area contributed by atoms with Crippen molar-refractivity contribution >= 4 is 17.3 Å². The van der Waals surface area contributed by atoms with E-state index >= 15 is 0 Å². The van der Waals surface area contributed by atoms with Crippen LogP contribution in [-0.4, -0.2) is 32.3 Å². The first-order valence-electron chi connectivity index (χ1n) is 7.41. The minimum Gasteiger partial charge on any atom is -0.377 e. The standard InChI is InChI=1S/C16H25ClN2O/c1-12(2)20-9-8-19(3)16-7-4-14(17)10-13(16)11-18-15-5-6-15/h4,7,10,12,15,18H,5-6,8-9,11H2,1-3H3. The number of nitrogens with one attached hydrogen (secondary N) is 1. The van der Waals surface area contributed by atoms with Gasteiger partial charge in [-0.15, -0.1) is 0 Å². The van der Waals surface area contributed by atoms with Gasteiger partial charge in [0, 0.05) is 36.9 Å². The van der Waals surface area contributed by atoms with Crippen molar-refractivity contribution in [2.75, 3.05) is 25.1 Å². The molecule has 4 heteroatoms. The van der Waals surface area contributed by atoms with E-state index in [1.54, 1.807) is 0 Å². The Kier molecular flexibility index (Phi) is 5.70. The summed E-state index contributed by atoms with van der Waals surface area (Å²) in [6.45, 7) is 6.64. The lowest BCUT2D eigenvalue weighted by molar-refractivity contribution is 0.0846. The molecule has 1 N–H and O–H groups in total. The third-order valence-electron chi connectivity index (χ3n) is 3.49. The molecule has 0 spiro atoms. The summed E-state index contributed by atoms with van der Waals surface area (Å²) < 4.78 is 5.62. The Morgan fingerprint density at radius 1 is 1.40 bits per heavy atom. The van der Waals surface area contributed by atoms with Gasteiger partial charge >= 0.3 is 0 Å². The lowest BCUT2D eigenvalue weighted by Crippen LogP contribution is -2.26. The first-order valence-corrected chi connectivity index (χ1v) is 7.78. The molecule has 1 aliphatic rings. The van der Waals surface area contributed by atoms with E-state index in [-0.39, 0.29) is 6.10 Å². The second-order valence-electron chi connectivity index (χ2n) is 5.77. The number of ether oxygens (including phenoxy) is 1. The number of nitrogens with zero attached hydrogens (tertiary/aromatic N) is 1. The van der Waals surface area contributed by atoms with E-state index < -0.39 is 0 Å². The number of rotatable bonds is 8. The van der Waals surface area contributed by atoms with Crippen LogP contribution in [0.1, 0.15) is 32.3 Å². The number of hydrogen-bond donors (Lipinski definition) is 1. The van der Waals surface area contributed by atoms with Gasteiger partial charge in [0.05, 0.1) is 12.7 Å². The molecule has 0 bridgehead atoms. The number of halogens is 1. The molecule has 112 valence electrons. The van der Waals surface area contributed by atoms with Gasteiger partial charge in [-0.05, 0) is 50.5 Å². The highest BCUT2D eigenvalue weighted by Gasteiger charge is 2.20. The fourth-order valence-corrected chi connectivity index (χ4v) is 2.35. The highest BCUT2D eigenvalue weighted by molar-refractivity contribution is 6.30. The van der Waals surface area contributed by atoms with Crippen LogP contribution in [0, 0.1) is 0 Å². The quantitative estimate of drug-likeness (QED) is 0.795. The third-order valence-corrected chi connectivity index (χ3v) is 3.72. The molecule has 0 aliphatic heterocycles. The van der Waals surface area contributed by atoms with E-state index in [9.17, 15) is 0 Å². The lowest BCUT2D eigenvalue weighted by atomic mass is 10.1. The van der Waals surface area contributed by atoms with Gasteiger partial charge in [-0.2, -0.15) is 0 Å². The average Bonchev–Trinajstić information content (AvgIpc) is 3.19. The fourth-order valence-electron chi connectivity index (χ4n) is 2.16. The van der Waals surface area contributed by atoms with E-state index in [2.05, 4.69) is 43.2 Å². The zero-order valence-corrected chi connectivity index (χ0v) is 13.4. The zero-order valence-electron chi connectivity index (χ0n) is 12.7. The molecule has 0 aromatic heterocycles. The molecule has 1 fully saturated rings. The van der Waals surface area contributed by atoms with Crippen LogP contribution in [0.5, 0.6) is 0 Å². The second-order valence-corrected chi connectivity index (χ2v) is 6.21. The van der Waals surface area contributed by atoms with Gasteiger partial charge in [0.2, 0.25) is 0 Å². The van der Waals surface area contributed by atoms with Crippen LogP contribution in [0.15, 0.2) is 18.2 Å². The minimum absolute atomic E-state index is 0.282. The smallest absolute Gasteiger partial charge is 0.0644 e. The number of likely N-dealkylation sites (N-methyl/N-ethyl adjacent to an activating group) is 1. The van der Waals surface area contributed by atoms with Crippen LogP contribution in [0.4, 0.5) is 5.69 Å². The molecule has 1 aromatic rings. The van der Waals surface area contributed by atoms with E-state index in [1.807, 2.05) is 6.07 Å². The van der Waals surface area contributed by atoms with Crippen LogP contribution in [0.3, 0.4) is 0 Å². The molecule has 1 aromatic carbocycles. The van der Waals surface area contributed by atoms with Gasteiger partial charge < -0.3 is 15.0 Å². The molecule has 0 amide bonds. The van der Waals surface area contributed by atoms with Crippen molar-refractivity contribution in [3.63, 3.8) is 0 Å². The monoisotopic (exact) mass is 296 g/mol. The summed E-state index contributed by atoms with van der Waals surface area (Å²) in [6.07, 6.45) is 2.88. The summed E-state index contributed by atoms with van der Waals surface area (Å²) in [5.74, 6) is 0. The van der Waals surface area contributed by atoms with Crippen molar-refractivity contribution in [1.82, 2.24) is 5.32 Å². The molecule has 0 heterocycles. The average molecular weight is 297 g/mol. The fraction of sp³-hybridized carbons (Fsp3) is 0.625. The molecule has 3 nitrogen and oxygen atoms in total. The van der Waals surface area contributed by atoms with E-state index in [4.69, 9.17) is 16.3 Å². The maximum Gasteiger partial charge on any atom is 0.0644 e. The van der Waals surface area contributed by atoms with E-state index in [1.165, 1.54) is 24.1 Å². The molecule has 20 heavy (non-hydrogen) atoms. The van der Waals surface area contributed by atoms with Crippen molar-refractivity contribution in [3.8, 4) is 0 Å². The predicted molar refractivity (Wildman–Crippen MR) is 85.7 cm³/mol. The first-order chi connectivity index (χ1) is 9.56. The van der Waals surface area contributed by atoms with Gasteiger partial charge in [-0.25, -0.2) is 0 Å². The number of hydrogen-bond acceptors (Lipinski definition) is 3. The molecule has 0 atom stereocenters. The highest BCUT2D eigenvalue weighted by atomic mass is 35.5. The van der Waals surface area contributed by atoms with E-state index in [0.717, 1.165) is 24.7 Å². The topological polar surface area (TPSA) is 24.5 Å². The van der Waals surface area contributed by atoms with Crippen molar-refractivity contribution in [1.29, 1.82) is 0 Å². The first kappa shape index (κ1) is 15.6. The molecule has 0 saturated heterocycles. The van der Waals surface area contributed by atoms with Crippen LogP contribution < -0.4 is 10.2 Å². The third kappa shape index (κ3) is 4.97. The molecule has 2 rings (SSSR count). The summed E-state index contributed by atoms with van der Waals surface area (Å²) in [7, 11) is 2.10. The predicted octanol–water partition coefficient (Wildman–Crippen LogP) is 3.45. The number of benzene rings is 1. The number of anilines is 1. The molecular formula is C16H25ClN2O. The van der Waals surface area contributed by atoms with Gasteiger partial charge in [-0.1, -0.05) is 11.6 Å². The van der Waals surface area contributed by atoms with Gasteiger partial charge in [-0.3, -0.25) is 0 Å². The SMILES string of the molecule is CC(C)OCCN(C)c1ccc(Cl)cc1CNC1CC1. The van der Waals surface area contributed by atoms with Crippen molar-refractivity contribution in [3.05, 3.63) is 28.8 Å². The van der Waals surface area contributed by atoms with Gasteiger partial charge in [0.25, 0.3) is 0 Å². The second kappa shape index (κ2) is 7.30. The Labute approximate surface area is 127 Å². The zero-order chi connectivity index (χ0) is 14.5. The Morgan fingerprint density at radius 3 is 2.80 bits per heavy atom. The molecule has 1 aliphatic carbocycles. The Balaban J connectivity index is 1.96. The Morgan fingerprint density at radius 2 is 2.15 bits per heavy atom. The summed E-state index contributed by atoms with van der Waals surface area (Å²) in [5, 5.41) is 4.35. The lowest BCUT2D eigenvalue weighted by Gasteiger charge is -2.23. The maximum absolute atomic E-state index is 6.13. The highest BCUT2D eigenvalue weighted by Crippen LogP contribution is 2.25. The van der Waals surface area contributed by atoms with Gasteiger partial charge in [0.1, 0.15) is 0 Å². The van der Waals surface area contributed by atoms with Crippen LogP contribution in [0.2, 0.25) is 5.02 Å². The minimum atomic E-state index is 0.282. The normalized spacial score (nSPS) is 14.8. The van der Waals surface area contributed by atoms with Gasteiger partial charge in [0.15, 0.2) is 0 Å². The van der Waals surface area contributed by atoms with Crippen molar-refractivity contribution < 1.29 is 4.74 Å². The van der Waals surface area contributed by atoms with Crippen LogP contribution in [-0.2, 0) is 11.3 Å². The van der Waals surface area contributed by atoms with E-state index in [0.29, 0.717) is 6.04 Å². The Bertz CT molecular complexity index is 432. The summed E-state index contributed by atoms with van der Waals surface area (Å²) in [6, 6.07) is 6.82. The molecule has 0 unspecified atom stereocenters. The summed E-state index contributed by atoms with van der Waals surface area (Å²) >= 11 is 6.13. The molecule has 1 saturated carbocycles. The Hall–Kier alpha value is -0.770. The summed E-state index contributed by atoms with van der Waals surface area (Å²) in [4.78, 5) is 2.24. The molecule has 0 radical (unpaired) electrons. The van der Waals surface area contributed by atoms with Crippen LogP contribution >= 0.6 is 11.6 Å². The molecular weight excluding hydrogens is 272 g/mol.